The molecule has 3 saturated heterocycles. The van der Waals surface area contributed by atoms with Gasteiger partial charge in [-0.2, -0.15) is 0 Å². The van der Waals surface area contributed by atoms with Gasteiger partial charge in [-0.25, -0.2) is 4.79 Å². The lowest BCUT2D eigenvalue weighted by Gasteiger charge is -2.32. The van der Waals surface area contributed by atoms with Crippen molar-refractivity contribution >= 4 is 11.9 Å². The molecule has 26 heavy (non-hydrogen) atoms. The normalized spacial score (nSPS) is 41.7. The molecule has 5 rings (SSSR count). The van der Waals surface area contributed by atoms with Gasteiger partial charge in [0.1, 0.15) is 17.8 Å². The van der Waals surface area contributed by atoms with E-state index in [4.69, 9.17) is 18.9 Å². The summed E-state index contributed by atoms with van der Waals surface area (Å²) < 4.78 is 22.6. The second-order valence-corrected chi connectivity index (χ2v) is 7.84. The summed E-state index contributed by atoms with van der Waals surface area (Å²) in [6, 6.07) is 0. The van der Waals surface area contributed by atoms with Crippen LogP contribution in [0.15, 0.2) is 23.8 Å². The van der Waals surface area contributed by atoms with Crippen LogP contribution in [0.3, 0.4) is 0 Å². The van der Waals surface area contributed by atoms with Crippen LogP contribution in [-0.2, 0) is 28.5 Å². The molecule has 6 atom stereocenters. The molecule has 0 amide bonds. The SMILES string of the molecule is C=C1C(=O)O[C@H]2C[C@]34O[C@@H]3CCC(=C[C@H](OC(=O)C(C)C)[C@H]12)CO[C@@H]4O. The van der Waals surface area contributed by atoms with Gasteiger partial charge in [0.05, 0.1) is 24.5 Å². The minimum Gasteiger partial charge on any atom is -0.458 e. The van der Waals surface area contributed by atoms with E-state index in [9.17, 15) is 14.7 Å². The minimum absolute atomic E-state index is 0.135. The van der Waals surface area contributed by atoms with Crippen molar-refractivity contribution in [1.82, 2.24) is 0 Å². The summed E-state index contributed by atoms with van der Waals surface area (Å²) in [5, 5.41) is 10.5. The van der Waals surface area contributed by atoms with Crippen molar-refractivity contribution in [3.05, 3.63) is 23.8 Å². The number of fused-ring (bicyclic) bond motifs is 4. The first-order valence-electron chi connectivity index (χ1n) is 9.09. The van der Waals surface area contributed by atoms with E-state index in [-0.39, 0.29) is 36.6 Å². The van der Waals surface area contributed by atoms with Crippen LogP contribution in [0.25, 0.3) is 0 Å². The van der Waals surface area contributed by atoms with Crippen LogP contribution >= 0.6 is 0 Å². The standard InChI is InChI=1S/C19H24O7/c1-9(2)16(20)24-12-6-11-4-5-14-19(26-14,18(22)23-8-11)7-13-15(12)10(3)17(21)25-13/h6,9,12-15,18,22H,3-5,7-8H2,1-2H3/t12-,13-,14+,15-,18-,19-/m0/s1. The number of aliphatic hydroxyl groups excluding tert-OH is 1. The summed E-state index contributed by atoms with van der Waals surface area (Å²) in [6.07, 6.45) is 1.11. The van der Waals surface area contributed by atoms with E-state index in [1.165, 1.54) is 0 Å². The Kier molecular flexibility index (Phi) is 4.21. The fraction of sp³-hybridized carbons (Fsp3) is 0.684. The average Bonchev–Trinajstić information content (AvgIpc) is 3.20. The second kappa shape index (κ2) is 6.18. The smallest absolute Gasteiger partial charge is 0.334 e. The Bertz CT molecular complexity index is 681. The van der Waals surface area contributed by atoms with Crippen LogP contribution < -0.4 is 0 Å². The van der Waals surface area contributed by atoms with Gasteiger partial charge < -0.3 is 24.1 Å². The van der Waals surface area contributed by atoms with E-state index in [1.54, 1.807) is 13.8 Å². The number of carbonyl (C=O) groups is 2. The maximum Gasteiger partial charge on any atom is 0.334 e. The van der Waals surface area contributed by atoms with E-state index in [0.29, 0.717) is 6.42 Å². The van der Waals surface area contributed by atoms with E-state index < -0.39 is 36.0 Å². The molecule has 2 bridgehead atoms. The van der Waals surface area contributed by atoms with Gasteiger partial charge in [-0.3, -0.25) is 4.79 Å². The third-order valence-corrected chi connectivity index (χ3v) is 5.74. The molecule has 1 aliphatic carbocycles. The molecule has 1 spiro atoms. The molecule has 4 heterocycles. The molecular weight excluding hydrogens is 340 g/mol. The quantitative estimate of drug-likeness (QED) is 0.341. The number of hydrogen-bond donors (Lipinski definition) is 1. The lowest BCUT2D eigenvalue weighted by atomic mass is 9.81. The first-order valence-corrected chi connectivity index (χ1v) is 9.09. The van der Waals surface area contributed by atoms with Gasteiger partial charge in [0, 0.05) is 12.0 Å². The first kappa shape index (κ1) is 17.7. The second-order valence-electron chi connectivity index (χ2n) is 7.84. The number of hydrogen-bond acceptors (Lipinski definition) is 7. The summed E-state index contributed by atoms with van der Waals surface area (Å²) in [4.78, 5) is 24.4. The predicted molar refractivity (Wildman–Crippen MR) is 88.7 cm³/mol. The van der Waals surface area contributed by atoms with Crippen LogP contribution in [-0.4, -0.2) is 53.9 Å². The number of rotatable bonds is 2. The number of carbonyl (C=O) groups excluding carboxylic acids is 2. The largest absolute Gasteiger partial charge is 0.458 e. The maximum atomic E-state index is 12.2. The van der Waals surface area contributed by atoms with Crippen molar-refractivity contribution in [3.63, 3.8) is 0 Å². The van der Waals surface area contributed by atoms with Crippen LogP contribution in [0.4, 0.5) is 0 Å². The van der Waals surface area contributed by atoms with Crippen molar-refractivity contribution in [2.45, 2.75) is 63.3 Å². The third kappa shape index (κ3) is 2.78. The highest BCUT2D eigenvalue weighted by atomic mass is 16.7. The summed E-state index contributed by atoms with van der Waals surface area (Å²) in [5.74, 6) is -1.63. The molecule has 0 saturated carbocycles. The molecule has 4 aliphatic heterocycles. The van der Waals surface area contributed by atoms with Crippen molar-refractivity contribution < 1.29 is 33.6 Å². The number of aliphatic hydroxyl groups is 1. The fourth-order valence-corrected chi connectivity index (χ4v) is 4.13. The van der Waals surface area contributed by atoms with Crippen molar-refractivity contribution in [3.8, 4) is 0 Å². The molecule has 7 nitrogen and oxygen atoms in total. The molecule has 5 aliphatic rings. The van der Waals surface area contributed by atoms with Crippen molar-refractivity contribution in [1.29, 1.82) is 0 Å². The molecule has 1 N–H and O–H groups in total. The van der Waals surface area contributed by atoms with Gasteiger partial charge in [-0.15, -0.1) is 0 Å². The monoisotopic (exact) mass is 364 g/mol. The van der Waals surface area contributed by atoms with Gasteiger partial charge in [0.25, 0.3) is 0 Å². The fourth-order valence-electron chi connectivity index (χ4n) is 4.13. The van der Waals surface area contributed by atoms with E-state index in [1.807, 2.05) is 6.08 Å². The lowest BCUT2D eigenvalue weighted by Crippen LogP contribution is -2.44. The van der Waals surface area contributed by atoms with E-state index >= 15 is 0 Å². The van der Waals surface area contributed by atoms with Gasteiger partial charge >= 0.3 is 11.9 Å². The highest BCUT2D eigenvalue weighted by Crippen LogP contribution is 2.52. The Morgan fingerprint density at radius 3 is 2.96 bits per heavy atom. The first-order chi connectivity index (χ1) is 12.3. The van der Waals surface area contributed by atoms with Gasteiger partial charge in [0.2, 0.25) is 0 Å². The minimum atomic E-state index is -1.08. The Hall–Kier alpha value is -1.70. The molecule has 0 aromatic rings. The Morgan fingerprint density at radius 1 is 1.46 bits per heavy atom. The van der Waals surface area contributed by atoms with Crippen LogP contribution in [0, 0.1) is 11.8 Å². The zero-order valence-corrected chi connectivity index (χ0v) is 15.0. The Morgan fingerprint density at radius 2 is 2.23 bits per heavy atom. The zero-order chi connectivity index (χ0) is 18.6. The van der Waals surface area contributed by atoms with Crippen LogP contribution in [0.1, 0.15) is 33.1 Å². The average molecular weight is 364 g/mol. The predicted octanol–water partition coefficient (Wildman–Crippen LogP) is 1.25. The number of esters is 2. The molecule has 3 fully saturated rings. The van der Waals surface area contributed by atoms with E-state index in [2.05, 4.69) is 6.58 Å². The van der Waals surface area contributed by atoms with Crippen molar-refractivity contribution in [2.24, 2.45) is 11.8 Å². The van der Waals surface area contributed by atoms with E-state index in [0.717, 1.165) is 12.0 Å². The molecular formula is C19H24O7. The molecule has 0 unspecified atom stereocenters. The third-order valence-electron chi connectivity index (χ3n) is 5.74. The van der Waals surface area contributed by atoms with Gasteiger partial charge in [-0.1, -0.05) is 20.4 Å². The summed E-state index contributed by atoms with van der Waals surface area (Å²) in [5.41, 5.74) is 0.321. The zero-order valence-electron chi connectivity index (χ0n) is 15.0. The highest BCUT2D eigenvalue weighted by molar-refractivity contribution is 5.91. The van der Waals surface area contributed by atoms with Gasteiger partial charge in [0.15, 0.2) is 6.29 Å². The topological polar surface area (TPSA) is 94.6 Å². The van der Waals surface area contributed by atoms with Crippen LogP contribution in [0.2, 0.25) is 0 Å². The van der Waals surface area contributed by atoms with Crippen LogP contribution in [0.5, 0.6) is 0 Å². The molecule has 0 aromatic heterocycles. The highest BCUT2D eigenvalue weighted by Gasteiger charge is 2.65. The lowest BCUT2D eigenvalue weighted by molar-refractivity contribution is -0.161. The number of ether oxygens (including phenoxy) is 4. The molecule has 7 heteroatoms. The van der Waals surface area contributed by atoms with Crippen molar-refractivity contribution in [2.75, 3.05) is 6.61 Å². The summed E-state index contributed by atoms with van der Waals surface area (Å²) in [6.45, 7) is 7.62. The molecule has 0 radical (unpaired) electrons. The Labute approximate surface area is 151 Å². The molecule has 0 aromatic carbocycles. The number of epoxide rings is 1. The van der Waals surface area contributed by atoms with Gasteiger partial charge in [-0.05, 0) is 24.5 Å². The maximum absolute atomic E-state index is 12.2. The summed E-state index contributed by atoms with van der Waals surface area (Å²) >= 11 is 0. The summed E-state index contributed by atoms with van der Waals surface area (Å²) in [7, 11) is 0. The Balaban J connectivity index is 1.74. The molecule has 142 valence electrons.